The number of nitrogens with zero attached hydrogens (tertiary/aromatic N) is 3. The van der Waals surface area contributed by atoms with Gasteiger partial charge in [-0.25, -0.2) is 4.98 Å². The average Bonchev–Trinajstić information content (AvgIpc) is 3.28. The Labute approximate surface area is 167 Å². The number of benzene rings is 1. The van der Waals surface area contributed by atoms with Gasteiger partial charge in [0, 0.05) is 23.0 Å². The maximum atomic E-state index is 12.4. The fraction of sp³-hybridized carbons (Fsp3) is 0.190. The van der Waals surface area contributed by atoms with E-state index in [9.17, 15) is 10.1 Å². The van der Waals surface area contributed by atoms with Crippen LogP contribution in [0.1, 0.15) is 23.9 Å². The first kappa shape index (κ1) is 19.4. The first-order chi connectivity index (χ1) is 13.5. The summed E-state index contributed by atoms with van der Waals surface area (Å²) in [6.45, 7) is 6.45. The molecule has 0 saturated carbocycles. The van der Waals surface area contributed by atoms with Gasteiger partial charge in [-0.05, 0) is 50.6 Å². The molecule has 142 valence electrons. The molecule has 3 rings (SSSR count). The van der Waals surface area contributed by atoms with Crippen molar-refractivity contribution < 1.29 is 9.53 Å². The molecule has 0 fully saturated rings. The van der Waals surface area contributed by atoms with Crippen molar-refractivity contribution in [3.05, 3.63) is 64.4 Å². The molecule has 0 radical (unpaired) electrons. The van der Waals surface area contributed by atoms with Gasteiger partial charge in [0.05, 0.1) is 12.3 Å². The summed E-state index contributed by atoms with van der Waals surface area (Å²) >= 11 is 1.30. The zero-order valence-electron chi connectivity index (χ0n) is 15.9. The molecule has 7 heteroatoms. The van der Waals surface area contributed by atoms with Crippen LogP contribution >= 0.6 is 11.3 Å². The Morgan fingerprint density at radius 1 is 1.39 bits per heavy atom. The van der Waals surface area contributed by atoms with Crippen molar-refractivity contribution in [3.63, 3.8) is 0 Å². The van der Waals surface area contributed by atoms with Gasteiger partial charge in [0.25, 0.3) is 5.91 Å². The van der Waals surface area contributed by atoms with Crippen LogP contribution in [-0.2, 0) is 4.79 Å². The summed E-state index contributed by atoms with van der Waals surface area (Å²) < 4.78 is 7.81. The highest BCUT2D eigenvalue weighted by Crippen LogP contribution is 2.29. The van der Waals surface area contributed by atoms with Crippen molar-refractivity contribution in [2.24, 2.45) is 0 Å². The quantitative estimate of drug-likeness (QED) is 0.495. The van der Waals surface area contributed by atoms with Gasteiger partial charge in [0.15, 0.2) is 5.13 Å². The van der Waals surface area contributed by atoms with E-state index < -0.39 is 5.91 Å². The van der Waals surface area contributed by atoms with E-state index in [0.717, 1.165) is 28.4 Å². The zero-order valence-corrected chi connectivity index (χ0v) is 16.7. The van der Waals surface area contributed by atoms with Crippen LogP contribution in [0.5, 0.6) is 5.75 Å². The Morgan fingerprint density at radius 3 is 2.86 bits per heavy atom. The van der Waals surface area contributed by atoms with E-state index in [1.165, 1.54) is 11.3 Å². The Kier molecular flexibility index (Phi) is 5.92. The van der Waals surface area contributed by atoms with Crippen LogP contribution < -0.4 is 10.1 Å². The molecule has 0 spiro atoms. The predicted octanol–water partition coefficient (Wildman–Crippen LogP) is 4.50. The molecule has 0 bridgehead atoms. The third-order valence-electron chi connectivity index (χ3n) is 4.19. The summed E-state index contributed by atoms with van der Waals surface area (Å²) in [7, 11) is 0. The number of carbonyl (C=O) groups excluding carboxylic acids is 1. The lowest BCUT2D eigenvalue weighted by Gasteiger charge is -2.14. The number of anilines is 1. The number of thiazole rings is 1. The van der Waals surface area contributed by atoms with E-state index in [2.05, 4.69) is 14.9 Å². The molecule has 0 atom stereocenters. The van der Waals surface area contributed by atoms with Crippen LogP contribution in [0.25, 0.3) is 11.8 Å². The lowest BCUT2D eigenvalue weighted by Crippen LogP contribution is -2.13. The molecule has 0 aliphatic rings. The van der Waals surface area contributed by atoms with Crippen LogP contribution in [0.15, 0.2) is 47.5 Å². The van der Waals surface area contributed by atoms with E-state index in [1.54, 1.807) is 17.7 Å². The number of aryl methyl sites for hydroxylation is 1. The van der Waals surface area contributed by atoms with Crippen molar-refractivity contribution in [3.8, 4) is 17.5 Å². The normalized spacial score (nSPS) is 11.1. The SMILES string of the molecule is CCOc1ccccc1-n1c(C)cc(C=C(C#N)C(=O)Nc2nccs2)c1C. The number of hydrogen-bond donors (Lipinski definition) is 1. The van der Waals surface area contributed by atoms with Crippen LogP contribution in [0, 0.1) is 25.2 Å². The molecule has 0 unspecified atom stereocenters. The Hall–Kier alpha value is -3.37. The number of carbonyl (C=O) groups is 1. The molecular formula is C21H20N4O2S. The Bertz CT molecular complexity index is 1060. The second-order valence-corrected chi connectivity index (χ2v) is 6.92. The third-order valence-corrected chi connectivity index (χ3v) is 4.88. The number of nitrogens with one attached hydrogen (secondary N) is 1. The zero-order chi connectivity index (χ0) is 20.1. The number of hydrogen-bond acceptors (Lipinski definition) is 5. The predicted molar refractivity (Wildman–Crippen MR) is 111 cm³/mol. The lowest BCUT2D eigenvalue weighted by molar-refractivity contribution is -0.112. The van der Waals surface area contributed by atoms with Gasteiger partial charge in [0.2, 0.25) is 0 Å². The third kappa shape index (κ3) is 3.97. The number of nitriles is 1. The molecule has 0 aliphatic carbocycles. The molecule has 2 heterocycles. The van der Waals surface area contributed by atoms with Gasteiger partial charge in [-0.1, -0.05) is 12.1 Å². The summed E-state index contributed by atoms with van der Waals surface area (Å²) in [4.78, 5) is 16.4. The topological polar surface area (TPSA) is 79.9 Å². The fourth-order valence-electron chi connectivity index (χ4n) is 2.98. The van der Waals surface area contributed by atoms with Crippen molar-refractivity contribution >= 4 is 28.5 Å². The molecule has 1 N–H and O–H groups in total. The van der Waals surface area contributed by atoms with Crippen molar-refractivity contribution in [1.29, 1.82) is 5.26 Å². The molecule has 28 heavy (non-hydrogen) atoms. The highest BCUT2D eigenvalue weighted by atomic mass is 32.1. The molecular weight excluding hydrogens is 372 g/mol. The first-order valence-corrected chi connectivity index (χ1v) is 9.67. The second-order valence-electron chi connectivity index (χ2n) is 6.02. The largest absolute Gasteiger partial charge is 0.492 e. The van der Waals surface area contributed by atoms with Gasteiger partial charge in [-0.3, -0.25) is 10.1 Å². The van der Waals surface area contributed by atoms with E-state index in [1.807, 2.05) is 57.2 Å². The van der Waals surface area contributed by atoms with Crippen LogP contribution in [0.4, 0.5) is 5.13 Å². The molecule has 2 aromatic heterocycles. The van der Waals surface area contributed by atoms with Gasteiger partial charge in [-0.15, -0.1) is 11.3 Å². The molecule has 6 nitrogen and oxygen atoms in total. The summed E-state index contributed by atoms with van der Waals surface area (Å²) in [5.41, 5.74) is 3.64. The summed E-state index contributed by atoms with van der Waals surface area (Å²) in [6, 6.07) is 11.7. The minimum atomic E-state index is -0.475. The Morgan fingerprint density at radius 2 is 2.18 bits per heavy atom. The number of aromatic nitrogens is 2. The van der Waals surface area contributed by atoms with Crippen LogP contribution in [0.2, 0.25) is 0 Å². The standard InChI is InChI=1S/C21H20N4O2S/c1-4-27-19-8-6-5-7-18(19)25-14(2)11-16(15(25)3)12-17(13-22)20(26)24-21-23-9-10-28-21/h5-12H,4H2,1-3H3,(H,23,24,26). The lowest BCUT2D eigenvalue weighted by atomic mass is 10.1. The van der Waals surface area contributed by atoms with E-state index in [-0.39, 0.29) is 5.57 Å². The second kappa shape index (κ2) is 8.55. The molecule has 0 saturated heterocycles. The van der Waals surface area contributed by atoms with E-state index >= 15 is 0 Å². The van der Waals surface area contributed by atoms with Gasteiger partial charge in [-0.2, -0.15) is 5.26 Å². The van der Waals surface area contributed by atoms with Gasteiger partial charge >= 0.3 is 0 Å². The van der Waals surface area contributed by atoms with Crippen molar-refractivity contribution in [2.45, 2.75) is 20.8 Å². The molecule has 0 aliphatic heterocycles. The summed E-state index contributed by atoms with van der Waals surface area (Å²) in [5, 5.41) is 14.3. The van der Waals surface area contributed by atoms with E-state index in [4.69, 9.17) is 4.74 Å². The highest BCUT2D eigenvalue weighted by Gasteiger charge is 2.16. The summed E-state index contributed by atoms with van der Waals surface area (Å²) in [5.74, 6) is 0.307. The van der Waals surface area contributed by atoms with Gasteiger partial charge < -0.3 is 9.30 Å². The van der Waals surface area contributed by atoms with Gasteiger partial charge in [0.1, 0.15) is 17.4 Å². The average molecular weight is 392 g/mol. The number of amides is 1. The first-order valence-electron chi connectivity index (χ1n) is 8.79. The Balaban J connectivity index is 1.98. The number of para-hydroxylation sites is 2. The summed E-state index contributed by atoms with van der Waals surface area (Å²) in [6.07, 6.45) is 3.20. The smallest absolute Gasteiger partial charge is 0.268 e. The minimum absolute atomic E-state index is 0.0218. The molecule has 3 aromatic rings. The van der Waals surface area contributed by atoms with E-state index in [0.29, 0.717) is 11.7 Å². The number of ether oxygens (including phenoxy) is 1. The monoisotopic (exact) mass is 392 g/mol. The van der Waals surface area contributed by atoms with Crippen LogP contribution in [-0.4, -0.2) is 22.1 Å². The highest BCUT2D eigenvalue weighted by molar-refractivity contribution is 7.13. The van der Waals surface area contributed by atoms with Crippen molar-refractivity contribution in [1.82, 2.24) is 9.55 Å². The number of rotatable bonds is 6. The molecule has 1 aromatic carbocycles. The molecule has 1 amide bonds. The van der Waals surface area contributed by atoms with Crippen LogP contribution in [0.3, 0.4) is 0 Å². The minimum Gasteiger partial charge on any atom is -0.492 e. The van der Waals surface area contributed by atoms with Crippen molar-refractivity contribution in [2.75, 3.05) is 11.9 Å². The maximum Gasteiger partial charge on any atom is 0.268 e. The maximum absolute atomic E-state index is 12.4. The fourth-order valence-corrected chi connectivity index (χ4v) is 3.50.